The van der Waals surface area contributed by atoms with Crippen molar-refractivity contribution < 1.29 is 4.74 Å². The number of hydrogen-bond donors (Lipinski definition) is 1. The third-order valence-corrected chi connectivity index (χ3v) is 3.24. The minimum atomic E-state index is 0.463. The lowest BCUT2D eigenvalue weighted by Crippen LogP contribution is -1.97. The first kappa shape index (κ1) is 12.8. The quantitative estimate of drug-likeness (QED) is 0.738. The molecule has 4 heteroatoms. The molecule has 1 heterocycles. The van der Waals surface area contributed by atoms with Crippen LogP contribution in [0, 0.1) is 0 Å². The second kappa shape index (κ2) is 5.39. The molecule has 0 radical (unpaired) electrons. The Morgan fingerprint density at radius 3 is 2.60 bits per heavy atom. The van der Waals surface area contributed by atoms with E-state index in [1.807, 2.05) is 54.6 Å². The lowest BCUT2D eigenvalue weighted by atomic mass is 10.2. The number of nitrogens with two attached hydrogens (primary N) is 1. The maximum Gasteiger partial charge on any atom is 0.214 e. The molecule has 0 amide bonds. The van der Waals surface area contributed by atoms with Gasteiger partial charge in [0.05, 0.1) is 5.52 Å². The lowest BCUT2D eigenvalue weighted by Gasteiger charge is -2.07. The topological polar surface area (TPSA) is 48.1 Å². The van der Waals surface area contributed by atoms with E-state index in [1.54, 1.807) is 0 Å². The number of nitrogen functional groups attached to an aromatic ring is 1. The van der Waals surface area contributed by atoms with E-state index >= 15 is 0 Å². The van der Waals surface area contributed by atoms with E-state index in [0.29, 0.717) is 12.5 Å². The average Bonchev–Trinajstić information content (AvgIpc) is 2.46. The summed E-state index contributed by atoms with van der Waals surface area (Å²) in [6.45, 7) is 0.463. The molecule has 3 aromatic rings. The zero-order valence-electron chi connectivity index (χ0n) is 10.7. The molecule has 0 unspecified atom stereocenters. The summed E-state index contributed by atoms with van der Waals surface area (Å²) in [6, 6.07) is 17.0. The van der Waals surface area contributed by atoms with Gasteiger partial charge in [0, 0.05) is 22.2 Å². The Labute approximate surface area is 122 Å². The maximum absolute atomic E-state index is 5.84. The first-order valence-electron chi connectivity index (χ1n) is 6.24. The molecule has 3 rings (SSSR count). The molecule has 20 heavy (non-hydrogen) atoms. The van der Waals surface area contributed by atoms with Crippen LogP contribution in [-0.4, -0.2) is 4.98 Å². The summed E-state index contributed by atoms with van der Waals surface area (Å²) >= 11 is 5.84. The van der Waals surface area contributed by atoms with Crippen LogP contribution >= 0.6 is 11.6 Å². The van der Waals surface area contributed by atoms with Crippen molar-refractivity contribution in [2.24, 2.45) is 0 Å². The van der Waals surface area contributed by atoms with Gasteiger partial charge in [0.2, 0.25) is 5.88 Å². The highest BCUT2D eigenvalue weighted by molar-refractivity contribution is 6.30. The van der Waals surface area contributed by atoms with E-state index < -0.39 is 0 Å². The van der Waals surface area contributed by atoms with Gasteiger partial charge in [-0.15, -0.1) is 0 Å². The molecule has 0 aliphatic carbocycles. The second-order valence-corrected chi connectivity index (χ2v) is 4.95. The van der Waals surface area contributed by atoms with E-state index in [9.17, 15) is 0 Å². The molecular formula is C16H13ClN2O. The zero-order chi connectivity index (χ0) is 13.9. The van der Waals surface area contributed by atoms with Crippen LogP contribution in [-0.2, 0) is 6.61 Å². The van der Waals surface area contributed by atoms with Gasteiger partial charge in [-0.3, -0.25) is 0 Å². The van der Waals surface area contributed by atoms with E-state index in [0.717, 1.165) is 27.2 Å². The van der Waals surface area contributed by atoms with Crippen LogP contribution in [0.15, 0.2) is 54.6 Å². The predicted octanol–water partition coefficient (Wildman–Crippen LogP) is 4.05. The molecule has 100 valence electrons. The Kier molecular flexibility index (Phi) is 3.44. The smallest absolute Gasteiger partial charge is 0.214 e. The molecule has 2 aromatic carbocycles. The highest BCUT2D eigenvalue weighted by atomic mass is 35.5. The van der Waals surface area contributed by atoms with Crippen molar-refractivity contribution in [3.05, 3.63) is 65.2 Å². The highest BCUT2D eigenvalue weighted by Crippen LogP contribution is 2.20. The lowest BCUT2D eigenvalue weighted by molar-refractivity contribution is 0.295. The van der Waals surface area contributed by atoms with Gasteiger partial charge >= 0.3 is 0 Å². The van der Waals surface area contributed by atoms with E-state index in [2.05, 4.69) is 4.98 Å². The second-order valence-electron chi connectivity index (χ2n) is 4.52. The Morgan fingerprint density at radius 1 is 1.00 bits per heavy atom. The van der Waals surface area contributed by atoms with Gasteiger partial charge in [0.15, 0.2) is 0 Å². The molecule has 0 fully saturated rings. The third-order valence-electron chi connectivity index (χ3n) is 2.99. The van der Waals surface area contributed by atoms with Gasteiger partial charge in [0.1, 0.15) is 6.61 Å². The van der Waals surface area contributed by atoms with Gasteiger partial charge in [0.25, 0.3) is 0 Å². The van der Waals surface area contributed by atoms with Gasteiger partial charge in [-0.1, -0.05) is 23.7 Å². The highest BCUT2D eigenvalue weighted by Gasteiger charge is 2.01. The summed E-state index contributed by atoms with van der Waals surface area (Å²) < 4.78 is 5.68. The Bertz CT molecular complexity index is 741. The fraction of sp³-hybridized carbons (Fsp3) is 0.0625. The molecule has 0 spiro atoms. The molecule has 3 nitrogen and oxygen atoms in total. The molecule has 0 saturated heterocycles. The summed E-state index contributed by atoms with van der Waals surface area (Å²) in [6.07, 6.45) is 0. The number of hydrogen-bond acceptors (Lipinski definition) is 3. The molecule has 0 aliphatic rings. The Morgan fingerprint density at radius 2 is 1.80 bits per heavy atom. The molecule has 1 aromatic heterocycles. The number of benzene rings is 2. The molecule has 2 N–H and O–H groups in total. The molecule has 0 atom stereocenters. The Hall–Kier alpha value is -2.26. The van der Waals surface area contributed by atoms with Crippen LogP contribution in [0.4, 0.5) is 5.69 Å². The van der Waals surface area contributed by atoms with E-state index in [4.69, 9.17) is 22.1 Å². The number of rotatable bonds is 3. The largest absolute Gasteiger partial charge is 0.473 e. The first-order chi connectivity index (χ1) is 9.70. The number of anilines is 1. The number of pyridine rings is 1. The molecule has 0 saturated carbocycles. The number of halogens is 1. The van der Waals surface area contributed by atoms with Gasteiger partial charge in [-0.2, -0.15) is 0 Å². The Balaban J connectivity index is 1.77. The van der Waals surface area contributed by atoms with Crippen LogP contribution in [0.2, 0.25) is 5.02 Å². The molecule has 0 aliphatic heterocycles. The van der Waals surface area contributed by atoms with Crippen molar-refractivity contribution in [1.29, 1.82) is 0 Å². The van der Waals surface area contributed by atoms with Crippen LogP contribution < -0.4 is 10.5 Å². The van der Waals surface area contributed by atoms with Crippen molar-refractivity contribution in [1.82, 2.24) is 4.98 Å². The van der Waals surface area contributed by atoms with Gasteiger partial charge < -0.3 is 10.5 Å². The van der Waals surface area contributed by atoms with Crippen molar-refractivity contribution >= 4 is 28.2 Å². The monoisotopic (exact) mass is 284 g/mol. The number of ether oxygens (including phenoxy) is 1. The minimum Gasteiger partial charge on any atom is -0.473 e. The van der Waals surface area contributed by atoms with Crippen LogP contribution in [0.25, 0.3) is 10.9 Å². The van der Waals surface area contributed by atoms with Crippen molar-refractivity contribution in [3.63, 3.8) is 0 Å². The third kappa shape index (κ3) is 2.83. The zero-order valence-corrected chi connectivity index (χ0v) is 11.5. The normalized spacial score (nSPS) is 10.7. The summed E-state index contributed by atoms with van der Waals surface area (Å²) in [5.41, 5.74) is 8.39. The predicted molar refractivity (Wildman–Crippen MR) is 81.9 cm³/mol. The average molecular weight is 285 g/mol. The summed E-state index contributed by atoms with van der Waals surface area (Å²) in [4.78, 5) is 4.45. The van der Waals surface area contributed by atoms with Crippen LogP contribution in [0.5, 0.6) is 5.88 Å². The van der Waals surface area contributed by atoms with Gasteiger partial charge in [-0.05, 0) is 42.0 Å². The van der Waals surface area contributed by atoms with Crippen molar-refractivity contribution in [2.75, 3.05) is 5.73 Å². The van der Waals surface area contributed by atoms with E-state index in [-0.39, 0.29) is 0 Å². The summed E-state index contributed by atoms with van der Waals surface area (Å²) in [5.74, 6) is 0.595. The number of aromatic nitrogens is 1. The van der Waals surface area contributed by atoms with Crippen molar-refractivity contribution in [2.45, 2.75) is 6.61 Å². The van der Waals surface area contributed by atoms with Gasteiger partial charge in [-0.25, -0.2) is 4.98 Å². The number of nitrogens with zero attached hydrogens (tertiary/aromatic N) is 1. The fourth-order valence-corrected chi connectivity index (χ4v) is 2.07. The van der Waals surface area contributed by atoms with E-state index in [1.165, 1.54) is 0 Å². The number of fused-ring (bicyclic) bond motifs is 1. The first-order valence-corrected chi connectivity index (χ1v) is 6.62. The fourth-order valence-electron chi connectivity index (χ4n) is 1.94. The van der Waals surface area contributed by atoms with Crippen molar-refractivity contribution in [3.8, 4) is 5.88 Å². The maximum atomic E-state index is 5.84. The molecular weight excluding hydrogens is 272 g/mol. The summed E-state index contributed by atoms with van der Waals surface area (Å²) in [5, 5.41) is 1.72. The SMILES string of the molecule is Nc1ccc2nc(OCc3ccc(Cl)cc3)ccc2c1. The minimum absolute atomic E-state index is 0.463. The van der Waals surface area contributed by atoms with Crippen LogP contribution in [0.3, 0.4) is 0 Å². The van der Waals surface area contributed by atoms with Crippen LogP contribution in [0.1, 0.15) is 5.56 Å². The summed E-state index contributed by atoms with van der Waals surface area (Å²) in [7, 11) is 0. The molecule has 0 bridgehead atoms. The standard InChI is InChI=1S/C16H13ClN2O/c17-13-4-1-11(2-5-13)10-20-16-8-3-12-9-14(18)6-7-15(12)19-16/h1-9H,10,18H2.